The van der Waals surface area contributed by atoms with E-state index in [1.807, 2.05) is 27.1 Å². The van der Waals surface area contributed by atoms with E-state index in [9.17, 15) is 0 Å². The van der Waals surface area contributed by atoms with Gasteiger partial charge in [-0.25, -0.2) is 5.84 Å². The van der Waals surface area contributed by atoms with Crippen molar-refractivity contribution in [3.63, 3.8) is 0 Å². The van der Waals surface area contributed by atoms with E-state index in [4.69, 9.17) is 10.6 Å². The van der Waals surface area contributed by atoms with Crippen LogP contribution < -0.4 is 20.9 Å². The van der Waals surface area contributed by atoms with E-state index >= 15 is 0 Å². The van der Waals surface area contributed by atoms with E-state index < -0.39 is 0 Å². The fourth-order valence-electron chi connectivity index (χ4n) is 1.28. The van der Waals surface area contributed by atoms with E-state index in [0.29, 0.717) is 11.7 Å². The van der Waals surface area contributed by atoms with Gasteiger partial charge in [0.2, 0.25) is 11.9 Å². The average Bonchev–Trinajstić information content (AvgIpc) is 2.41. The van der Waals surface area contributed by atoms with Crippen molar-refractivity contribution < 1.29 is 4.74 Å². The second-order valence-corrected chi connectivity index (χ2v) is 4.02. The number of rotatable bonds is 4. The summed E-state index contributed by atoms with van der Waals surface area (Å²) in [6.07, 6.45) is 1.60. The molecule has 2 rings (SSSR count). The summed E-state index contributed by atoms with van der Waals surface area (Å²) < 4.78 is 5.52. The number of hydrazine groups is 1. The lowest BCUT2D eigenvalue weighted by Crippen LogP contribution is -2.17. The van der Waals surface area contributed by atoms with Crippen molar-refractivity contribution >= 4 is 11.9 Å². The average molecular weight is 261 g/mol. The largest absolute Gasteiger partial charge is 0.422 e. The molecule has 0 radical (unpaired) electrons. The molecule has 0 fully saturated rings. The number of nitrogens with one attached hydrogen (secondary N) is 1. The summed E-state index contributed by atoms with van der Waals surface area (Å²) in [7, 11) is 3.62. The number of anilines is 2. The summed E-state index contributed by atoms with van der Waals surface area (Å²) in [5.41, 5.74) is 3.28. The fourth-order valence-corrected chi connectivity index (χ4v) is 1.28. The minimum atomic E-state index is 0.150. The molecule has 0 amide bonds. The van der Waals surface area contributed by atoms with Gasteiger partial charge in [-0.1, -0.05) is 0 Å². The minimum absolute atomic E-state index is 0.150. The van der Waals surface area contributed by atoms with Crippen LogP contribution in [0.1, 0.15) is 5.69 Å². The molecule has 19 heavy (non-hydrogen) atoms. The van der Waals surface area contributed by atoms with Crippen molar-refractivity contribution in [2.24, 2.45) is 5.84 Å². The van der Waals surface area contributed by atoms with Crippen LogP contribution in [0, 0.1) is 6.92 Å². The van der Waals surface area contributed by atoms with Crippen molar-refractivity contribution in [3.8, 4) is 11.8 Å². The highest BCUT2D eigenvalue weighted by atomic mass is 16.5. The number of nitrogens with two attached hydrogens (primary N) is 1. The van der Waals surface area contributed by atoms with Crippen LogP contribution in [-0.4, -0.2) is 34.0 Å². The molecule has 8 heteroatoms. The Morgan fingerprint density at radius 2 is 2.00 bits per heavy atom. The highest BCUT2D eigenvalue weighted by molar-refractivity contribution is 5.37. The minimum Gasteiger partial charge on any atom is -0.422 e. The van der Waals surface area contributed by atoms with Gasteiger partial charge in [0.15, 0.2) is 0 Å². The van der Waals surface area contributed by atoms with Gasteiger partial charge in [-0.15, -0.1) is 0 Å². The Balaban J connectivity index is 2.28. The summed E-state index contributed by atoms with van der Waals surface area (Å²) >= 11 is 0. The Hall–Kier alpha value is -2.48. The number of aryl methyl sites for hydroxylation is 1. The standard InChI is InChI=1S/C11H15N7O/c1-7-4-5-8(6-13-7)19-11-15-9(17-12)14-10(16-11)18(2)3/h4-6H,12H2,1-3H3,(H,14,15,16,17). The molecule has 3 N–H and O–H groups in total. The molecule has 0 unspecified atom stereocenters. The Morgan fingerprint density at radius 1 is 1.21 bits per heavy atom. The third-order valence-corrected chi connectivity index (χ3v) is 2.23. The van der Waals surface area contributed by atoms with Crippen molar-refractivity contribution in [1.82, 2.24) is 19.9 Å². The number of aromatic nitrogens is 4. The van der Waals surface area contributed by atoms with Crippen LogP contribution in [0.15, 0.2) is 18.3 Å². The third-order valence-electron chi connectivity index (χ3n) is 2.23. The van der Waals surface area contributed by atoms with Gasteiger partial charge < -0.3 is 9.64 Å². The van der Waals surface area contributed by atoms with Gasteiger partial charge in [0.1, 0.15) is 5.75 Å². The first-order valence-corrected chi connectivity index (χ1v) is 5.59. The van der Waals surface area contributed by atoms with Crippen LogP contribution in [0.4, 0.5) is 11.9 Å². The Kier molecular flexibility index (Phi) is 3.71. The van der Waals surface area contributed by atoms with Gasteiger partial charge in [-0.2, -0.15) is 15.0 Å². The first-order chi connectivity index (χ1) is 9.08. The molecule has 0 aliphatic carbocycles. The molecule has 0 atom stereocenters. The van der Waals surface area contributed by atoms with E-state index in [1.165, 1.54) is 0 Å². The molecule has 0 bridgehead atoms. The van der Waals surface area contributed by atoms with E-state index in [2.05, 4.69) is 25.4 Å². The van der Waals surface area contributed by atoms with Gasteiger partial charge >= 0.3 is 6.01 Å². The molecule has 0 saturated heterocycles. The normalized spacial score (nSPS) is 10.1. The fraction of sp³-hybridized carbons (Fsp3) is 0.273. The number of ether oxygens (including phenoxy) is 1. The molecular formula is C11H15N7O. The maximum Gasteiger partial charge on any atom is 0.328 e. The second-order valence-electron chi connectivity index (χ2n) is 4.02. The zero-order valence-electron chi connectivity index (χ0n) is 11.0. The van der Waals surface area contributed by atoms with Gasteiger partial charge in [-0.05, 0) is 19.1 Å². The smallest absolute Gasteiger partial charge is 0.328 e. The molecule has 0 aliphatic rings. The van der Waals surface area contributed by atoms with Crippen molar-refractivity contribution in [3.05, 3.63) is 24.0 Å². The van der Waals surface area contributed by atoms with Crippen LogP contribution >= 0.6 is 0 Å². The van der Waals surface area contributed by atoms with Gasteiger partial charge in [0, 0.05) is 19.8 Å². The Morgan fingerprint density at radius 3 is 2.58 bits per heavy atom. The van der Waals surface area contributed by atoms with Crippen LogP contribution in [0.5, 0.6) is 11.8 Å². The summed E-state index contributed by atoms with van der Waals surface area (Å²) in [5, 5.41) is 0. The predicted octanol–water partition coefficient (Wildman–Crippen LogP) is 0.719. The number of nitrogen functional groups attached to an aromatic ring is 1. The summed E-state index contributed by atoms with van der Waals surface area (Å²) in [4.78, 5) is 18.1. The van der Waals surface area contributed by atoms with Gasteiger partial charge in [0.05, 0.1) is 6.20 Å². The molecule has 0 aromatic carbocycles. The van der Waals surface area contributed by atoms with Crippen molar-refractivity contribution in [1.29, 1.82) is 0 Å². The topological polar surface area (TPSA) is 102 Å². The Bertz CT molecular complexity index is 555. The molecule has 2 aromatic heterocycles. The number of hydrogen-bond acceptors (Lipinski definition) is 8. The quantitative estimate of drug-likeness (QED) is 0.613. The maximum atomic E-state index is 5.52. The second kappa shape index (κ2) is 5.44. The maximum absolute atomic E-state index is 5.52. The number of hydrogen-bond donors (Lipinski definition) is 2. The summed E-state index contributed by atoms with van der Waals surface area (Å²) in [5.74, 6) is 6.53. The summed E-state index contributed by atoms with van der Waals surface area (Å²) in [6, 6.07) is 3.78. The van der Waals surface area contributed by atoms with Gasteiger partial charge in [0.25, 0.3) is 0 Å². The van der Waals surface area contributed by atoms with Crippen LogP contribution in [0.25, 0.3) is 0 Å². The zero-order valence-corrected chi connectivity index (χ0v) is 11.0. The van der Waals surface area contributed by atoms with Crippen LogP contribution in [0.3, 0.4) is 0 Å². The lowest BCUT2D eigenvalue weighted by atomic mass is 10.4. The zero-order chi connectivity index (χ0) is 13.8. The predicted molar refractivity (Wildman–Crippen MR) is 71.0 cm³/mol. The molecular weight excluding hydrogens is 246 g/mol. The van der Waals surface area contributed by atoms with Crippen molar-refractivity contribution in [2.45, 2.75) is 6.92 Å². The Labute approximate surface area is 110 Å². The van der Waals surface area contributed by atoms with E-state index in [-0.39, 0.29) is 12.0 Å². The third kappa shape index (κ3) is 3.26. The van der Waals surface area contributed by atoms with Crippen molar-refractivity contribution in [2.75, 3.05) is 24.4 Å². The molecule has 0 saturated carbocycles. The first-order valence-electron chi connectivity index (χ1n) is 5.59. The lowest BCUT2D eigenvalue weighted by molar-refractivity contribution is 0.438. The molecule has 2 heterocycles. The van der Waals surface area contributed by atoms with Gasteiger partial charge in [-0.3, -0.25) is 10.4 Å². The summed E-state index contributed by atoms with van der Waals surface area (Å²) in [6.45, 7) is 1.90. The monoisotopic (exact) mass is 261 g/mol. The number of pyridine rings is 1. The molecule has 100 valence electrons. The molecule has 2 aromatic rings. The lowest BCUT2D eigenvalue weighted by Gasteiger charge is -2.12. The van der Waals surface area contributed by atoms with E-state index in [0.717, 1.165) is 5.69 Å². The highest BCUT2D eigenvalue weighted by Gasteiger charge is 2.09. The first kappa shape index (κ1) is 13.0. The van der Waals surface area contributed by atoms with Crippen LogP contribution in [-0.2, 0) is 0 Å². The van der Waals surface area contributed by atoms with E-state index in [1.54, 1.807) is 17.2 Å². The molecule has 0 aliphatic heterocycles. The highest BCUT2D eigenvalue weighted by Crippen LogP contribution is 2.19. The number of nitrogens with zero attached hydrogens (tertiary/aromatic N) is 5. The molecule has 0 spiro atoms. The van der Waals surface area contributed by atoms with Crippen LogP contribution in [0.2, 0.25) is 0 Å². The molecule has 8 nitrogen and oxygen atoms in total. The SMILES string of the molecule is Cc1ccc(Oc2nc(NN)nc(N(C)C)n2)cn1.